The van der Waals surface area contributed by atoms with E-state index in [1.807, 2.05) is 12.1 Å². The molecule has 1 saturated heterocycles. The first-order valence-electron chi connectivity index (χ1n) is 8.57. The number of nitrogens with zero attached hydrogens (tertiary/aromatic N) is 1. The van der Waals surface area contributed by atoms with Crippen molar-refractivity contribution in [1.82, 2.24) is 0 Å². The van der Waals surface area contributed by atoms with Crippen molar-refractivity contribution in [2.24, 2.45) is 0 Å². The molecule has 0 radical (unpaired) electrons. The van der Waals surface area contributed by atoms with Crippen LogP contribution >= 0.6 is 0 Å². The number of carbonyl (C=O) groups excluding carboxylic acids is 1. The van der Waals surface area contributed by atoms with Gasteiger partial charge in [0.25, 0.3) is 10.0 Å². The lowest BCUT2D eigenvalue weighted by Gasteiger charge is -2.30. The van der Waals surface area contributed by atoms with Crippen LogP contribution in [0.3, 0.4) is 0 Å². The van der Waals surface area contributed by atoms with Crippen molar-refractivity contribution < 1.29 is 23.1 Å². The standard InChI is InChI=1S/C19H22N2O5S/c1-13-11-15(19(22)23)12-18(14(13)2)27(24,25)20-16-5-3-4-6-17(16)21-7-9-26-10-8-21/h3-6,11-12,20H,7-10H2,1-2H3,(H,22,23)/p-1. The van der Waals surface area contributed by atoms with Gasteiger partial charge >= 0.3 is 0 Å². The van der Waals surface area contributed by atoms with Crippen molar-refractivity contribution in [2.75, 3.05) is 35.9 Å². The molecular formula is C19H21N2O5S-. The molecule has 0 aromatic heterocycles. The van der Waals surface area contributed by atoms with Crippen LogP contribution in [0.25, 0.3) is 0 Å². The SMILES string of the molecule is Cc1cc(C(=O)[O-])cc(S(=O)(=O)Nc2ccccc2N2CCOCC2)c1C. The van der Waals surface area contributed by atoms with Gasteiger partial charge in [-0.1, -0.05) is 12.1 Å². The zero-order valence-corrected chi connectivity index (χ0v) is 16.0. The molecule has 0 amide bonds. The van der Waals surface area contributed by atoms with E-state index < -0.39 is 16.0 Å². The molecule has 1 heterocycles. The lowest BCUT2D eigenvalue weighted by molar-refractivity contribution is -0.255. The Kier molecular flexibility index (Phi) is 5.38. The second kappa shape index (κ2) is 7.58. The van der Waals surface area contributed by atoms with E-state index in [0.29, 0.717) is 43.1 Å². The first kappa shape index (κ1) is 19.2. The molecule has 0 aliphatic carbocycles. The number of aromatic carboxylic acids is 1. The summed E-state index contributed by atoms with van der Waals surface area (Å²) in [7, 11) is -3.98. The van der Waals surface area contributed by atoms with E-state index >= 15 is 0 Å². The molecule has 27 heavy (non-hydrogen) atoms. The maximum absolute atomic E-state index is 13.0. The summed E-state index contributed by atoms with van der Waals surface area (Å²) in [4.78, 5) is 13.2. The van der Waals surface area contributed by atoms with Gasteiger partial charge in [0.2, 0.25) is 0 Å². The van der Waals surface area contributed by atoms with Crippen molar-refractivity contribution >= 4 is 27.4 Å². The molecule has 1 aliphatic rings. The number of sulfonamides is 1. The van der Waals surface area contributed by atoms with Crippen LogP contribution in [0, 0.1) is 13.8 Å². The van der Waals surface area contributed by atoms with E-state index in [1.165, 1.54) is 6.07 Å². The van der Waals surface area contributed by atoms with Gasteiger partial charge in [-0.2, -0.15) is 0 Å². The Morgan fingerprint density at radius 2 is 1.81 bits per heavy atom. The van der Waals surface area contributed by atoms with Crippen LogP contribution in [0.2, 0.25) is 0 Å². The Labute approximate surface area is 158 Å². The number of hydrogen-bond acceptors (Lipinski definition) is 6. The Bertz CT molecular complexity index is 966. The topological polar surface area (TPSA) is 98.8 Å². The fraction of sp³-hybridized carbons (Fsp3) is 0.316. The molecule has 144 valence electrons. The minimum atomic E-state index is -3.98. The summed E-state index contributed by atoms with van der Waals surface area (Å²) in [6, 6.07) is 9.67. The summed E-state index contributed by atoms with van der Waals surface area (Å²) in [5.41, 5.74) is 2.10. The first-order chi connectivity index (χ1) is 12.8. The highest BCUT2D eigenvalue weighted by atomic mass is 32.2. The smallest absolute Gasteiger partial charge is 0.262 e. The number of anilines is 2. The third-order valence-electron chi connectivity index (χ3n) is 4.65. The van der Waals surface area contributed by atoms with Crippen LogP contribution in [-0.2, 0) is 14.8 Å². The van der Waals surface area contributed by atoms with Gasteiger partial charge in [0.15, 0.2) is 0 Å². The molecular weight excluding hydrogens is 368 g/mol. The number of para-hydroxylation sites is 2. The van der Waals surface area contributed by atoms with Gasteiger partial charge in [-0.15, -0.1) is 0 Å². The third kappa shape index (κ3) is 4.06. The van der Waals surface area contributed by atoms with Crippen molar-refractivity contribution in [3.63, 3.8) is 0 Å². The second-order valence-corrected chi connectivity index (χ2v) is 8.08. The molecule has 1 N–H and O–H groups in total. The van der Waals surface area contributed by atoms with Gasteiger partial charge in [0.05, 0.1) is 35.5 Å². The molecule has 3 rings (SSSR count). The van der Waals surface area contributed by atoms with E-state index in [2.05, 4.69) is 9.62 Å². The number of aryl methyl sites for hydroxylation is 1. The Balaban J connectivity index is 2.00. The van der Waals surface area contributed by atoms with E-state index in [9.17, 15) is 18.3 Å². The summed E-state index contributed by atoms with van der Waals surface area (Å²) in [5.74, 6) is -1.41. The summed E-state index contributed by atoms with van der Waals surface area (Å²) >= 11 is 0. The summed E-state index contributed by atoms with van der Waals surface area (Å²) < 4.78 is 34.0. The number of carboxylic acids is 1. The summed E-state index contributed by atoms with van der Waals surface area (Å²) in [5, 5.41) is 11.2. The Morgan fingerprint density at radius 3 is 2.48 bits per heavy atom. The molecule has 1 aliphatic heterocycles. The fourth-order valence-corrected chi connectivity index (χ4v) is 4.48. The summed E-state index contributed by atoms with van der Waals surface area (Å²) in [6.45, 7) is 5.80. The zero-order valence-electron chi connectivity index (χ0n) is 15.2. The van der Waals surface area contributed by atoms with Crippen LogP contribution in [0.15, 0.2) is 41.3 Å². The second-order valence-electron chi connectivity index (χ2n) is 6.43. The van der Waals surface area contributed by atoms with E-state index in [1.54, 1.807) is 26.0 Å². The van der Waals surface area contributed by atoms with Gasteiger partial charge in [0.1, 0.15) is 0 Å². The lowest BCUT2D eigenvalue weighted by Crippen LogP contribution is -2.36. The maximum Gasteiger partial charge on any atom is 0.262 e. The molecule has 8 heteroatoms. The first-order valence-corrected chi connectivity index (χ1v) is 10.0. The number of benzene rings is 2. The minimum absolute atomic E-state index is 0.0709. The number of morpholine rings is 1. The highest BCUT2D eigenvalue weighted by molar-refractivity contribution is 7.92. The van der Waals surface area contributed by atoms with Gasteiger partial charge < -0.3 is 19.5 Å². The van der Waals surface area contributed by atoms with Gasteiger partial charge in [-0.3, -0.25) is 4.72 Å². The predicted molar refractivity (Wildman–Crippen MR) is 101 cm³/mol. The number of rotatable bonds is 5. The molecule has 1 fully saturated rings. The minimum Gasteiger partial charge on any atom is -0.545 e. The van der Waals surface area contributed by atoms with Gasteiger partial charge in [-0.25, -0.2) is 8.42 Å². The van der Waals surface area contributed by atoms with Gasteiger partial charge in [0, 0.05) is 13.1 Å². The van der Waals surface area contributed by atoms with Crippen molar-refractivity contribution in [1.29, 1.82) is 0 Å². The van der Waals surface area contributed by atoms with E-state index in [0.717, 1.165) is 11.8 Å². The van der Waals surface area contributed by atoms with Crippen molar-refractivity contribution in [2.45, 2.75) is 18.7 Å². The van der Waals surface area contributed by atoms with Crippen LogP contribution in [0.4, 0.5) is 11.4 Å². The average molecular weight is 389 g/mol. The van der Waals surface area contributed by atoms with Crippen LogP contribution < -0.4 is 14.7 Å². The third-order valence-corrected chi connectivity index (χ3v) is 6.14. The van der Waals surface area contributed by atoms with E-state index in [4.69, 9.17) is 4.74 Å². The molecule has 0 spiro atoms. The monoisotopic (exact) mass is 389 g/mol. The number of hydrogen-bond donors (Lipinski definition) is 1. The highest BCUT2D eigenvalue weighted by Gasteiger charge is 2.22. The average Bonchev–Trinajstić information content (AvgIpc) is 2.64. The van der Waals surface area contributed by atoms with Crippen LogP contribution in [0.5, 0.6) is 0 Å². The normalized spacial score (nSPS) is 14.8. The molecule has 2 aromatic carbocycles. The van der Waals surface area contributed by atoms with Crippen LogP contribution in [0.1, 0.15) is 21.5 Å². The Morgan fingerprint density at radius 1 is 1.15 bits per heavy atom. The predicted octanol–water partition coefficient (Wildman–Crippen LogP) is 1.30. The molecule has 0 bridgehead atoms. The van der Waals surface area contributed by atoms with Crippen molar-refractivity contribution in [3.05, 3.63) is 53.1 Å². The lowest BCUT2D eigenvalue weighted by atomic mass is 10.1. The quantitative estimate of drug-likeness (QED) is 0.828. The van der Waals surface area contributed by atoms with Gasteiger partial charge in [-0.05, 0) is 54.8 Å². The maximum atomic E-state index is 13.0. The Hall–Kier alpha value is -2.58. The van der Waals surface area contributed by atoms with E-state index in [-0.39, 0.29) is 10.5 Å². The molecule has 2 aromatic rings. The zero-order chi connectivity index (χ0) is 19.6. The number of nitrogens with one attached hydrogen (secondary N) is 1. The molecule has 7 nitrogen and oxygen atoms in total. The van der Waals surface area contributed by atoms with Crippen LogP contribution in [-0.4, -0.2) is 40.7 Å². The molecule has 0 unspecified atom stereocenters. The number of carboxylic acid groups (broad SMARTS) is 1. The summed E-state index contributed by atoms with van der Waals surface area (Å²) in [6.07, 6.45) is 0. The number of ether oxygens (including phenoxy) is 1. The highest BCUT2D eigenvalue weighted by Crippen LogP contribution is 2.30. The molecule has 0 atom stereocenters. The van der Waals surface area contributed by atoms with Crippen molar-refractivity contribution in [3.8, 4) is 0 Å². The largest absolute Gasteiger partial charge is 0.545 e. The number of carbonyl (C=O) groups is 1. The molecule has 0 saturated carbocycles. The fourth-order valence-electron chi connectivity index (χ4n) is 3.06.